The van der Waals surface area contributed by atoms with E-state index in [1.54, 1.807) is 6.33 Å². The Kier molecular flexibility index (Phi) is 6.47. The zero-order chi connectivity index (χ0) is 13.4. The van der Waals surface area contributed by atoms with Crippen LogP contribution in [0.5, 0.6) is 0 Å². The van der Waals surface area contributed by atoms with Gasteiger partial charge in [0.2, 0.25) is 0 Å². The van der Waals surface area contributed by atoms with E-state index >= 15 is 0 Å². The summed E-state index contributed by atoms with van der Waals surface area (Å²) in [6, 6.07) is 0. The second kappa shape index (κ2) is 7.90. The topological polar surface area (TPSA) is 49.8 Å². The maximum absolute atomic E-state index is 4.33. The molecule has 0 aliphatic carbocycles. The molecule has 0 unspecified atom stereocenters. The molecule has 18 heavy (non-hydrogen) atoms. The van der Waals surface area contributed by atoms with Crippen LogP contribution in [0.2, 0.25) is 0 Å². The van der Waals surface area contributed by atoms with Gasteiger partial charge in [0.25, 0.3) is 0 Å². The summed E-state index contributed by atoms with van der Waals surface area (Å²) in [5.74, 6) is 2.61. The molecule has 1 aromatic heterocycles. The minimum absolute atomic E-state index is 0.714. The smallest absolute Gasteiger partial charge is 0.134 e. The molecule has 0 aromatic carbocycles. The fourth-order valence-electron chi connectivity index (χ4n) is 1.87. The molecule has 0 bridgehead atoms. The van der Waals surface area contributed by atoms with Gasteiger partial charge in [-0.15, -0.1) is 0 Å². The Bertz CT molecular complexity index is 348. The number of aromatic nitrogens is 2. The second-order valence-electron chi connectivity index (χ2n) is 4.69. The number of hydrogen-bond acceptors (Lipinski definition) is 4. The second-order valence-corrected chi connectivity index (χ2v) is 4.69. The third-order valence-corrected chi connectivity index (χ3v) is 3.34. The zero-order valence-corrected chi connectivity index (χ0v) is 12.1. The van der Waals surface area contributed by atoms with Crippen LogP contribution in [0.1, 0.15) is 45.6 Å². The standard InChI is InChI=1S/C14H26N4/c1-5-8-15-13-11(4)14(18-10-17-13)16-9-12(6-2)7-3/h10,12H,5-9H2,1-4H3,(H2,15,16,17,18). The lowest BCUT2D eigenvalue weighted by atomic mass is 10.0. The molecule has 0 saturated heterocycles. The zero-order valence-electron chi connectivity index (χ0n) is 12.1. The molecule has 4 heteroatoms. The van der Waals surface area contributed by atoms with Crippen LogP contribution in [0.25, 0.3) is 0 Å². The summed E-state index contributed by atoms with van der Waals surface area (Å²) in [4.78, 5) is 8.61. The van der Waals surface area contributed by atoms with E-state index in [1.165, 1.54) is 12.8 Å². The summed E-state index contributed by atoms with van der Waals surface area (Å²) in [5, 5.41) is 6.77. The molecule has 0 aliphatic heterocycles. The minimum atomic E-state index is 0.714. The lowest BCUT2D eigenvalue weighted by Crippen LogP contribution is -2.15. The number of nitrogens with one attached hydrogen (secondary N) is 2. The predicted octanol–water partition coefficient (Wildman–Crippen LogP) is 3.46. The highest BCUT2D eigenvalue weighted by atomic mass is 15.1. The Morgan fingerprint density at radius 2 is 1.67 bits per heavy atom. The van der Waals surface area contributed by atoms with Gasteiger partial charge in [0.1, 0.15) is 18.0 Å². The van der Waals surface area contributed by atoms with E-state index in [9.17, 15) is 0 Å². The van der Waals surface area contributed by atoms with Crippen LogP contribution >= 0.6 is 0 Å². The summed E-state index contributed by atoms with van der Waals surface area (Å²) >= 11 is 0. The fraction of sp³-hybridized carbons (Fsp3) is 0.714. The monoisotopic (exact) mass is 250 g/mol. The van der Waals surface area contributed by atoms with E-state index in [4.69, 9.17) is 0 Å². The Labute approximate surface area is 111 Å². The quantitative estimate of drug-likeness (QED) is 0.742. The normalized spacial score (nSPS) is 10.7. The molecule has 102 valence electrons. The molecule has 0 atom stereocenters. The Balaban J connectivity index is 2.65. The average Bonchev–Trinajstić information content (AvgIpc) is 2.40. The van der Waals surface area contributed by atoms with Gasteiger partial charge in [0.15, 0.2) is 0 Å². The number of rotatable bonds is 8. The van der Waals surface area contributed by atoms with Crippen LogP contribution in [0.15, 0.2) is 6.33 Å². The SMILES string of the molecule is CCCNc1ncnc(NCC(CC)CC)c1C. The third-order valence-electron chi connectivity index (χ3n) is 3.34. The van der Waals surface area contributed by atoms with E-state index in [0.717, 1.165) is 36.7 Å². The largest absolute Gasteiger partial charge is 0.370 e. The van der Waals surface area contributed by atoms with Crippen molar-refractivity contribution in [2.75, 3.05) is 23.7 Å². The van der Waals surface area contributed by atoms with Gasteiger partial charge in [-0.3, -0.25) is 0 Å². The summed E-state index contributed by atoms with van der Waals surface area (Å²) in [5.41, 5.74) is 1.11. The highest BCUT2D eigenvalue weighted by Crippen LogP contribution is 2.19. The third kappa shape index (κ3) is 4.17. The van der Waals surface area contributed by atoms with Gasteiger partial charge in [-0.25, -0.2) is 9.97 Å². The van der Waals surface area contributed by atoms with Gasteiger partial charge in [-0.1, -0.05) is 33.6 Å². The maximum Gasteiger partial charge on any atom is 0.134 e. The molecular formula is C14H26N4. The first-order chi connectivity index (χ1) is 8.72. The Hall–Kier alpha value is -1.32. The van der Waals surface area contributed by atoms with Gasteiger partial charge in [0, 0.05) is 18.7 Å². The van der Waals surface area contributed by atoms with Crippen molar-refractivity contribution in [2.24, 2.45) is 5.92 Å². The van der Waals surface area contributed by atoms with Gasteiger partial charge >= 0.3 is 0 Å². The first kappa shape index (κ1) is 14.7. The molecule has 0 amide bonds. The molecule has 4 nitrogen and oxygen atoms in total. The van der Waals surface area contributed by atoms with Crippen LogP contribution in [-0.2, 0) is 0 Å². The lowest BCUT2D eigenvalue weighted by Gasteiger charge is -2.16. The van der Waals surface area contributed by atoms with E-state index in [-0.39, 0.29) is 0 Å². The highest BCUT2D eigenvalue weighted by Gasteiger charge is 2.08. The fourth-order valence-corrected chi connectivity index (χ4v) is 1.87. The van der Waals surface area contributed by atoms with Gasteiger partial charge in [0.05, 0.1) is 0 Å². The molecule has 2 N–H and O–H groups in total. The lowest BCUT2D eigenvalue weighted by molar-refractivity contribution is 0.518. The van der Waals surface area contributed by atoms with E-state index in [2.05, 4.69) is 48.3 Å². The van der Waals surface area contributed by atoms with Crippen LogP contribution in [-0.4, -0.2) is 23.1 Å². The summed E-state index contributed by atoms with van der Waals surface area (Å²) in [6.45, 7) is 10.6. The summed E-state index contributed by atoms with van der Waals surface area (Å²) in [6.07, 6.45) is 5.13. The molecule has 0 spiro atoms. The van der Waals surface area contributed by atoms with Crippen molar-refractivity contribution in [1.29, 1.82) is 0 Å². The molecule has 1 heterocycles. The van der Waals surface area contributed by atoms with Gasteiger partial charge in [-0.2, -0.15) is 0 Å². The van der Waals surface area contributed by atoms with Crippen molar-refractivity contribution >= 4 is 11.6 Å². The van der Waals surface area contributed by atoms with E-state index in [0.29, 0.717) is 5.92 Å². The molecule has 0 fully saturated rings. The van der Waals surface area contributed by atoms with E-state index in [1.807, 2.05) is 0 Å². The number of nitrogens with zero attached hydrogens (tertiary/aromatic N) is 2. The van der Waals surface area contributed by atoms with Crippen molar-refractivity contribution in [2.45, 2.75) is 47.0 Å². The minimum Gasteiger partial charge on any atom is -0.370 e. The molecular weight excluding hydrogens is 224 g/mol. The van der Waals surface area contributed by atoms with Gasteiger partial charge < -0.3 is 10.6 Å². The predicted molar refractivity (Wildman–Crippen MR) is 78.1 cm³/mol. The maximum atomic E-state index is 4.33. The van der Waals surface area contributed by atoms with E-state index < -0.39 is 0 Å². The molecule has 0 aliphatic rings. The molecule has 1 rings (SSSR count). The van der Waals surface area contributed by atoms with Crippen molar-refractivity contribution in [3.8, 4) is 0 Å². The highest BCUT2D eigenvalue weighted by molar-refractivity contribution is 5.56. The van der Waals surface area contributed by atoms with Crippen LogP contribution in [0, 0.1) is 12.8 Å². The van der Waals surface area contributed by atoms with Crippen molar-refractivity contribution in [3.05, 3.63) is 11.9 Å². The van der Waals surface area contributed by atoms with Crippen molar-refractivity contribution in [3.63, 3.8) is 0 Å². The van der Waals surface area contributed by atoms with Crippen LogP contribution in [0.3, 0.4) is 0 Å². The van der Waals surface area contributed by atoms with Crippen molar-refractivity contribution in [1.82, 2.24) is 9.97 Å². The molecule has 0 saturated carbocycles. The molecule has 1 aromatic rings. The number of anilines is 2. The number of hydrogen-bond donors (Lipinski definition) is 2. The summed E-state index contributed by atoms with van der Waals surface area (Å²) in [7, 11) is 0. The van der Waals surface area contributed by atoms with Crippen molar-refractivity contribution < 1.29 is 0 Å². The molecule has 0 radical (unpaired) electrons. The van der Waals surface area contributed by atoms with Gasteiger partial charge in [-0.05, 0) is 19.3 Å². The first-order valence-corrected chi connectivity index (χ1v) is 7.02. The average molecular weight is 250 g/mol. The summed E-state index contributed by atoms with van der Waals surface area (Å²) < 4.78 is 0. The Morgan fingerprint density at radius 1 is 1.06 bits per heavy atom. The van der Waals surface area contributed by atoms with Crippen LogP contribution < -0.4 is 10.6 Å². The Morgan fingerprint density at radius 3 is 2.22 bits per heavy atom. The first-order valence-electron chi connectivity index (χ1n) is 7.02. The van der Waals surface area contributed by atoms with Crippen LogP contribution in [0.4, 0.5) is 11.6 Å².